The van der Waals surface area contributed by atoms with Crippen molar-refractivity contribution in [1.82, 2.24) is 4.98 Å². The summed E-state index contributed by atoms with van der Waals surface area (Å²) in [6.07, 6.45) is 1.64. The molecule has 0 spiro atoms. The van der Waals surface area contributed by atoms with Gasteiger partial charge < -0.3 is 10.0 Å². The van der Waals surface area contributed by atoms with Crippen molar-refractivity contribution < 1.29 is 5.11 Å². The molecule has 3 heteroatoms. The van der Waals surface area contributed by atoms with E-state index in [-0.39, 0.29) is 6.10 Å². The first-order valence-electron chi connectivity index (χ1n) is 8.19. The summed E-state index contributed by atoms with van der Waals surface area (Å²) in [6.45, 7) is 1.62. The largest absolute Gasteiger partial charge is 0.391 e. The van der Waals surface area contributed by atoms with Crippen molar-refractivity contribution in [3.8, 4) is 11.1 Å². The topological polar surface area (TPSA) is 36.4 Å². The molecule has 1 atom stereocenters. The van der Waals surface area contributed by atoms with Gasteiger partial charge in [-0.15, -0.1) is 0 Å². The second kappa shape index (κ2) is 6.01. The Morgan fingerprint density at radius 1 is 1.00 bits per heavy atom. The fraction of sp³-hybridized carbons (Fsp3) is 0.250. The Balaban J connectivity index is 1.87. The number of β-amino-alcohol motifs (C(OH)–C–C–N with tert-alkyl or cyclic N) is 1. The molecular formula is C20H20N2O. The van der Waals surface area contributed by atoms with E-state index < -0.39 is 0 Å². The van der Waals surface area contributed by atoms with E-state index in [0.717, 1.165) is 30.7 Å². The Kier molecular flexibility index (Phi) is 3.72. The summed E-state index contributed by atoms with van der Waals surface area (Å²) in [5, 5.41) is 11.1. The number of aliphatic hydroxyl groups excluding tert-OH is 1. The summed E-state index contributed by atoms with van der Waals surface area (Å²) in [7, 11) is 0. The summed E-state index contributed by atoms with van der Waals surface area (Å²) in [4.78, 5) is 7.04. The Bertz CT molecular complexity index is 816. The van der Waals surface area contributed by atoms with Gasteiger partial charge in [-0.25, -0.2) is 4.98 Å². The Labute approximate surface area is 136 Å². The third-order valence-electron chi connectivity index (χ3n) is 4.51. The summed E-state index contributed by atoms with van der Waals surface area (Å²) >= 11 is 0. The minimum atomic E-state index is -0.253. The number of hydrogen-bond acceptors (Lipinski definition) is 3. The molecule has 3 nitrogen and oxygen atoms in total. The molecule has 2 aromatic carbocycles. The van der Waals surface area contributed by atoms with Gasteiger partial charge >= 0.3 is 0 Å². The van der Waals surface area contributed by atoms with Gasteiger partial charge in [-0.05, 0) is 36.1 Å². The number of aliphatic hydroxyl groups is 1. The molecule has 0 amide bonds. The van der Waals surface area contributed by atoms with Gasteiger partial charge in [0.05, 0.1) is 11.6 Å². The molecule has 0 saturated carbocycles. The van der Waals surface area contributed by atoms with Crippen LogP contribution in [0.15, 0.2) is 60.7 Å². The Hall–Kier alpha value is -2.39. The van der Waals surface area contributed by atoms with Gasteiger partial charge in [0.2, 0.25) is 0 Å². The molecule has 1 N–H and O–H groups in total. The smallest absolute Gasteiger partial charge is 0.129 e. The number of hydrogen-bond donors (Lipinski definition) is 1. The number of piperidine rings is 1. The number of aromatic nitrogens is 1. The van der Waals surface area contributed by atoms with Crippen molar-refractivity contribution in [2.75, 3.05) is 18.0 Å². The van der Waals surface area contributed by atoms with Crippen molar-refractivity contribution in [2.45, 2.75) is 18.9 Å². The van der Waals surface area contributed by atoms with E-state index in [4.69, 9.17) is 4.98 Å². The van der Waals surface area contributed by atoms with Crippen molar-refractivity contribution in [2.24, 2.45) is 0 Å². The van der Waals surface area contributed by atoms with Crippen molar-refractivity contribution in [3.63, 3.8) is 0 Å². The van der Waals surface area contributed by atoms with Crippen LogP contribution in [0.25, 0.3) is 22.0 Å². The number of fused-ring (bicyclic) bond motifs is 1. The predicted molar refractivity (Wildman–Crippen MR) is 94.6 cm³/mol. The molecule has 116 valence electrons. The summed E-state index contributed by atoms with van der Waals surface area (Å²) in [6, 6.07) is 20.9. The molecule has 1 aliphatic heterocycles. The first-order valence-corrected chi connectivity index (χ1v) is 8.19. The average molecular weight is 304 g/mol. The van der Waals surface area contributed by atoms with E-state index in [1.807, 2.05) is 12.1 Å². The minimum Gasteiger partial charge on any atom is -0.391 e. The first-order chi connectivity index (χ1) is 11.3. The molecule has 1 unspecified atom stereocenters. The van der Waals surface area contributed by atoms with Crippen molar-refractivity contribution in [3.05, 3.63) is 60.7 Å². The van der Waals surface area contributed by atoms with Gasteiger partial charge in [0.25, 0.3) is 0 Å². The predicted octanol–water partition coefficient (Wildman–Crippen LogP) is 3.86. The van der Waals surface area contributed by atoms with Crippen LogP contribution in [-0.2, 0) is 0 Å². The average Bonchev–Trinajstić information content (AvgIpc) is 2.61. The zero-order chi connectivity index (χ0) is 15.6. The van der Waals surface area contributed by atoms with Crippen LogP contribution in [0.2, 0.25) is 0 Å². The van der Waals surface area contributed by atoms with E-state index >= 15 is 0 Å². The van der Waals surface area contributed by atoms with Crippen LogP contribution in [0.3, 0.4) is 0 Å². The number of anilines is 1. The molecule has 1 aromatic heterocycles. The highest BCUT2D eigenvalue weighted by Crippen LogP contribution is 2.32. The molecule has 2 heterocycles. The maximum absolute atomic E-state index is 9.97. The van der Waals surface area contributed by atoms with E-state index in [9.17, 15) is 5.11 Å². The standard InChI is InChI=1S/C20H20N2O/c23-16-9-6-12-22(14-16)20-13-18(15-7-2-1-3-8-15)17-10-4-5-11-19(17)21-20/h1-5,7-8,10-11,13,16,23H,6,9,12,14H2. The van der Waals surface area contributed by atoms with Crippen LogP contribution in [0.5, 0.6) is 0 Å². The first kappa shape index (κ1) is 14.2. The molecule has 3 aromatic rings. The third-order valence-corrected chi connectivity index (χ3v) is 4.51. The molecule has 23 heavy (non-hydrogen) atoms. The van der Waals surface area contributed by atoms with E-state index in [1.54, 1.807) is 0 Å². The highest BCUT2D eigenvalue weighted by atomic mass is 16.3. The van der Waals surface area contributed by atoms with E-state index in [2.05, 4.69) is 53.4 Å². The van der Waals surface area contributed by atoms with Crippen LogP contribution in [0, 0.1) is 0 Å². The monoisotopic (exact) mass is 304 g/mol. The fourth-order valence-corrected chi connectivity index (χ4v) is 3.34. The maximum Gasteiger partial charge on any atom is 0.129 e. The third kappa shape index (κ3) is 2.80. The second-order valence-corrected chi connectivity index (χ2v) is 6.15. The zero-order valence-electron chi connectivity index (χ0n) is 13.0. The molecule has 1 fully saturated rings. The molecule has 1 aliphatic rings. The SMILES string of the molecule is OC1CCCN(c2cc(-c3ccccc3)c3ccccc3n2)C1. The molecule has 4 rings (SSSR count). The summed E-state index contributed by atoms with van der Waals surface area (Å²) in [5.74, 6) is 0.960. The summed E-state index contributed by atoms with van der Waals surface area (Å²) < 4.78 is 0. The van der Waals surface area contributed by atoms with Gasteiger partial charge in [-0.2, -0.15) is 0 Å². The van der Waals surface area contributed by atoms with Crippen LogP contribution in [0.1, 0.15) is 12.8 Å². The van der Waals surface area contributed by atoms with Crippen molar-refractivity contribution >= 4 is 16.7 Å². The number of rotatable bonds is 2. The van der Waals surface area contributed by atoms with E-state index in [0.29, 0.717) is 6.54 Å². The highest BCUT2D eigenvalue weighted by Gasteiger charge is 2.20. The fourth-order valence-electron chi connectivity index (χ4n) is 3.34. The lowest BCUT2D eigenvalue weighted by atomic mass is 10.0. The Morgan fingerprint density at radius 3 is 2.61 bits per heavy atom. The number of benzene rings is 2. The van der Waals surface area contributed by atoms with Gasteiger partial charge in [0, 0.05) is 18.5 Å². The van der Waals surface area contributed by atoms with E-state index in [1.165, 1.54) is 16.5 Å². The normalized spacial score (nSPS) is 18.3. The molecule has 0 bridgehead atoms. The molecule has 1 saturated heterocycles. The number of pyridine rings is 1. The zero-order valence-corrected chi connectivity index (χ0v) is 13.0. The Morgan fingerprint density at radius 2 is 1.78 bits per heavy atom. The lowest BCUT2D eigenvalue weighted by Gasteiger charge is -2.31. The molecular weight excluding hydrogens is 284 g/mol. The second-order valence-electron chi connectivity index (χ2n) is 6.15. The highest BCUT2D eigenvalue weighted by molar-refractivity contribution is 5.96. The van der Waals surface area contributed by atoms with Crippen LogP contribution in [0.4, 0.5) is 5.82 Å². The van der Waals surface area contributed by atoms with Gasteiger partial charge in [0.15, 0.2) is 0 Å². The van der Waals surface area contributed by atoms with Gasteiger partial charge in [-0.1, -0.05) is 48.5 Å². The number of nitrogens with zero attached hydrogens (tertiary/aromatic N) is 2. The maximum atomic E-state index is 9.97. The molecule has 0 radical (unpaired) electrons. The minimum absolute atomic E-state index is 0.253. The lowest BCUT2D eigenvalue weighted by Crippen LogP contribution is -2.38. The van der Waals surface area contributed by atoms with Crippen LogP contribution in [-0.4, -0.2) is 29.3 Å². The van der Waals surface area contributed by atoms with Crippen LogP contribution < -0.4 is 4.90 Å². The lowest BCUT2D eigenvalue weighted by molar-refractivity contribution is 0.154. The summed E-state index contributed by atoms with van der Waals surface area (Å²) in [5.41, 5.74) is 3.40. The van der Waals surface area contributed by atoms with Gasteiger partial charge in [-0.3, -0.25) is 0 Å². The van der Waals surface area contributed by atoms with Crippen molar-refractivity contribution in [1.29, 1.82) is 0 Å². The van der Waals surface area contributed by atoms with Crippen LogP contribution >= 0.6 is 0 Å². The number of para-hydroxylation sites is 1. The molecule has 0 aliphatic carbocycles. The van der Waals surface area contributed by atoms with Gasteiger partial charge in [0.1, 0.15) is 5.82 Å². The quantitative estimate of drug-likeness (QED) is 0.781.